The van der Waals surface area contributed by atoms with Gasteiger partial charge in [-0.15, -0.1) is 0 Å². The molecule has 0 fully saturated rings. The Morgan fingerprint density at radius 3 is 2.73 bits per heavy atom. The van der Waals surface area contributed by atoms with E-state index in [1.54, 1.807) is 0 Å². The second kappa shape index (κ2) is 4.25. The van der Waals surface area contributed by atoms with Crippen molar-refractivity contribution in [1.82, 2.24) is 10.7 Å². The lowest BCUT2D eigenvalue weighted by molar-refractivity contribution is -0.121. The van der Waals surface area contributed by atoms with E-state index in [-0.39, 0.29) is 17.9 Å². The van der Waals surface area contributed by atoms with Gasteiger partial charge in [-0.3, -0.25) is 9.59 Å². The first kappa shape index (κ1) is 9.89. The molecule has 5 heteroatoms. The fraction of sp³-hybridized carbons (Fsp3) is 0.500. The van der Waals surface area contributed by atoms with Crippen LogP contribution in [-0.2, 0) is 9.59 Å². The first-order chi connectivity index (χ1) is 7.25. The van der Waals surface area contributed by atoms with Gasteiger partial charge in [-0.25, -0.2) is 5.43 Å². The molecule has 0 aromatic carbocycles. The molecule has 0 atom stereocenters. The van der Waals surface area contributed by atoms with Crippen molar-refractivity contribution in [2.24, 2.45) is 5.10 Å². The molecule has 0 bridgehead atoms. The molecule has 0 aromatic heterocycles. The smallest absolute Gasteiger partial charge is 0.267 e. The average Bonchev–Trinajstić information content (AvgIpc) is 2.71. The minimum absolute atomic E-state index is 0.130. The number of hydrogen-bond acceptors (Lipinski definition) is 3. The lowest BCUT2D eigenvalue weighted by Gasteiger charge is -2.15. The van der Waals surface area contributed by atoms with Crippen LogP contribution in [-0.4, -0.2) is 23.6 Å². The van der Waals surface area contributed by atoms with E-state index in [1.807, 2.05) is 0 Å². The van der Waals surface area contributed by atoms with Gasteiger partial charge >= 0.3 is 0 Å². The summed E-state index contributed by atoms with van der Waals surface area (Å²) < 4.78 is 0. The van der Waals surface area contributed by atoms with E-state index < -0.39 is 0 Å². The quantitative estimate of drug-likeness (QED) is 0.630. The average molecular weight is 207 g/mol. The number of nitrogens with one attached hydrogen (secondary N) is 2. The number of nitrogens with zero attached hydrogens (tertiary/aromatic N) is 1. The summed E-state index contributed by atoms with van der Waals surface area (Å²) in [5, 5.41) is 6.62. The van der Waals surface area contributed by atoms with Crippen molar-refractivity contribution in [3.63, 3.8) is 0 Å². The Balaban J connectivity index is 1.88. The lowest BCUT2D eigenvalue weighted by atomic mass is 10.1. The molecule has 1 aliphatic heterocycles. The van der Waals surface area contributed by atoms with E-state index in [0.717, 1.165) is 12.8 Å². The van der Waals surface area contributed by atoms with Crippen molar-refractivity contribution in [2.75, 3.05) is 0 Å². The molecule has 2 N–H and O–H groups in total. The third-order valence-corrected chi connectivity index (χ3v) is 2.51. The second-order valence-electron chi connectivity index (χ2n) is 3.71. The maximum Gasteiger partial charge on any atom is 0.267 e. The summed E-state index contributed by atoms with van der Waals surface area (Å²) in [5.41, 5.74) is 2.73. The van der Waals surface area contributed by atoms with Crippen LogP contribution in [0.2, 0.25) is 0 Å². The van der Waals surface area contributed by atoms with E-state index in [4.69, 9.17) is 0 Å². The molecule has 0 spiro atoms. The van der Waals surface area contributed by atoms with Crippen molar-refractivity contribution in [2.45, 2.75) is 31.7 Å². The number of hydrazone groups is 1. The van der Waals surface area contributed by atoms with Crippen LogP contribution in [0.25, 0.3) is 0 Å². The molecule has 2 rings (SSSR count). The molecule has 2 aliphatic rings. The zero-order chi connectivity index (χ0) is 10.7. The Morgan fingerprint density at radius 1 is 1.40 bits per heavy atom. The molecule has 0 unspecified atom stereocenters. The van der Waals surface area contributed by atoms with Gasteiger partial charge < -0.3 is 5.32 Å². The molecule has 0 aromatic rings. The summed E-state index contributed by atoms with van der Waals surface area (Å²) in [6.07, 6.45) is 6.63. The topological polar surface area (TPSA) is 70.6 Å². The highest BCUT2D eigenvalue weighted by Gasteiger charge is 2.21. The van der Waals surface area contributed by atoms with Gasteiger partial charge in [-0.05, 0) is 12.8 Å². The van der Waals surface area contributed by atoms with Gasteiger partial charge in [0.05, 0.1) is 0 Å². The van der Waals surface area contributed by atoms with Crippen LogP contribution in [0.3, 0.4) is 0 Å². The number of hydrogen-bond donors (Lipinski definition) is 2. The Kier molecular flexibility index (Phi) is 2.80. The Bertz CT molecular complexity index is 339. The molecule has 80 valence electrons. The molecular weight excluding hydrogens is 194 g/mol. The number of amides is 2. The lowest BCUT2D eigenvalue weighted by Crippen LogP contribution is -2.41. The normalized spacial score (nSPS) is 21.1. The van der Waals surface area contributed by atoms with Crippen LogP contribution in [0.5, 0.6) is 0 Å². The first-order valence-electron chi connectivity index (χ1n) is 5.07. The monoisotopic (exact) mass is 207 g/mol. The van der Waals surface area contributed by atoms with Gasteiger partial charge in [-0.2, -0.15) is 5.10 Å². The number of carbonyl (C=O) groups excluding carboxylic acids is 2. The predicted octanol–water partition coefficient (Wildman–Crippen LogP) is 0.0872. The largest absolute Gasteiger partial charge is 0.348 e. The van der Waals surface area contributed by atoms with Gasteiger partial charge in [0, 0.05) is 18.9 Å². The minimum Gasteiger partial charge on any atom is -0.348 e. The van der Waals surface area contributed by atoms with Crippen LogP contribution >= 0.6 is 0 Å². The first-order valence-corrected chi connectivity index (χ1v) is 5.07. The highest BCUT2D eigenvalue weighted by Crippen LogP contribution is 2.09. The molecule has 1 heterocycles. The van der Waals surface area contributed by atoms with Crippen molar-refractivity contribution >= 4 is 17.5 Å². The van der Waals surface area contributed by atoms with Crippen LogP contribution in [0.15, 0.2) is 17.3 Å². The predicted molar refractivity (Wildman–Crippen MR) is 55.1 cm³/mol. The van der Waals surface area contributed by atoms with Crippen LogP contribution in [0.1, 0.15) is 25.7 Å². The summed E-state index contributed by atoms with van der Waals surface area (Å²) in [7, 11) is 0. The number of carbonyl (C=O) groups is 2. The van der Waals surface area contributed by atoms with Crippen molar-refractivity contribution in [1.29, 1.82) is 0 Å². The molecule has 0 radical (unpaired) electrons. The van der Waals surface area contributed by atoms with E-state index in [1.165, 1.54) is 0 Å². The summed E-state index contributed by atoms with van der Waals surface area (Å²) in [6, 6.07) is 0.192. The van der Waals surface area contributed by atoms with Gasteiger partial charge in [0.25, 0.3) is 5.91 Å². The second-order valence-corrected chi connectivity index (χ2v) is 3.71. The Labute approximate surface area is 87.6 Å². The maximum atomic E-state index is 11.6. The summed E-state index contributed by atoms with van der Waals surface area (Å²) in [6.45, 7) is 0. The van der Waals surface area contributed by atoms with E-state index in [0.29, 0.717) is 18.6 Å². The maximum absolute atomic E-state index is 11.6. The third-order valence-electron chi connectivity index (χ3n) is 2.51. The fourth-order valence-corrected chi connectivity index (χ4v) is 1.64. The molecular formula is C10H13N3O2. The third kappa shape index (κ3) is 2.43. The van der Waals surface area contributed by atoms with Gasteiger partial charge in [0.15, 0.2) is 0 Å². The molecule has 0 saturated heterocycles. The minimum atomic E-state index is -0.163. The van der Waals surface area contributed by atoms with Gasteiger partial charge in [-0.1, -0.05) is 12.2 Å². The summed E-state index contributed by atoms with van der Waals surface area (Å²) in [5.74, 6) is -0.294. The highest BCUT2D eigenvalue weighted by molar-refractivity contribution is 6.39. The molecule has 5 nitrogen and oxygen atoms in total. The highest BCUT2D eigenvalue weighted by atomic mass is 16.2. The van der Waals surface area contributed by atoms with Crippen LogP contribution < -0.4 is 10.7 Å². The van der Waals surface area contributed by atoms with Crippen LogP contribution in [0.4, 0.5) is 0 Å². The van der Waals surface area contributed by atoms with Crippen LogP contribution in [0, 0.1) is 0 Å². The summed E-state index contributed by atoms with van der Waals surface area (Å²) in [4.78, 5) is 22.5. The van der Waals surface area contributed by atoms with Crippen molar-refractivity contribution in [3.05, 3.63) is 12.2 Å². The van der Waals surface area contributed by atoms with E-state index in [9.17, 15) is 9.59 Å². The summed E-state index contributed by atoms with van der Waals surface area (Å²) >= 11 is 0. The fourth-order valence-electron chi connectivity index (χ4n) is 1.64. The zero-order valence-electron chi connectivity index (χ0n) is 8.32. The van der Waals surface area contributed by atoms with Crippen molar-refractivity contribution in [3.8, 4) is 0 Å². The molecule has 15 heavy (non-hydrogen) atoms. The molecule has 0 saturated carbocycles. The van der Waals surface area contributed by atoms with Gasteiger partial charge in [0.1, 0.15) is 5.71 Å². The van der Waals surface area contributed by atoms with Crippen molar-refractivity contribution < 1.29 is 9.59 Å². The van der Waals surface area contributed by atoms with E-state index >= 15 is 0 Å². The molecule has 1 aliphatic carbocycles. The Hall–Kier alpha value is -1.65. The number of rotatable bonds is 2. The SMILES string of the molecule is O=C1CCC(C(=O)NC2CC=CC2)=NN1. The zero-order valence-corrected chi connectivity index (χ0v) is 8.32. The van der Waals surface area contributed by atoms with Gasteiger partial charge in [0.2, 0.25) is 5.91 Å². The standard InChI is InChI=1S/C10H13N3O2/c14-9-6-5-8(12-13-9)10(15)11-7-3-1-2-4-7/h1-2,7H,3-6H2,(H,11,15)(H,13,14). The molecule has 2 amide bonds. The Morgan fingerprint density at radius 2 is 2.13 bits per heavy atom. The van der Waals surface area contributed by atoms with E-state index in [2.05, 4.69) is 28.0 Å².